The van der Waals surface area contributed by atoms with Gasteiger partial charge in [0.05, 0.1) is 28.0 Å². The first-order valence-electron chi connectivity index (χ1n) is 10.7. The van der Waals surface area contributed by atoms with Gasteiger partial charge in [0.25, 0.3) is 5.56 Å². The van der Waals surface area contributed by atoms with Crippen molar-refractivity contribution in [2.75, 3.05) is 16.0 Å². The Kier molecular flexibility index (Phi) is 5.24. The van der Waals surface area contributed by atoms with Gasteiger partial charge >= 0.3 is 0 Å². The summed E-state index contributed by atoms with van der Waals surface area (Å²) in [5.74, 6) is -0.0861. The predicted octanol–water partition coefficient (Wildman–Crippen LogP) is 3.09. The van der Waals surface area contributed by atoms with E-state index in [-0.39, 0.29) is 29.7 Å². The van der Waals surface area contributed by atoms with E-state index in [1.807, 2.05) is 30.3 Å². The molecule has 2 aromatic carbocycles. The number of carbonyl (C=O) groups excluding carboxylic acids is 2. The molecule has 4 aromatic rings. The smallest absolute Gasteiger partial charge is 0.263 e. The van der Waals surface area contributed by atoms with Crippen LogP contribution in [-0.2, 0) is 16.1 Å². The van der Waals surface area contributed by atoms with E-state index >= 15 is 0 Å². The molecule has 0 atom stereocenters. The van der Waals surface area contributed by atoms with Crippen molar-refractivity contribution in [3.8, 4) is 0 Å². The molecule has 0 bridgehead atoms. The topological polar surface area (TPSA) is 102 Å². The van der Waals surface area contributed by atoms with Crippen LogP contribution < -0.4 is 15.8 Å². The van der Waals surface area contributed by atoms with Crippen LogP contribution in [0.3, 0.4) is 0 Å². The van der Waals surface area contributed by atoms with E-state index < -0.39 is 5.54 Å². The van der Waals surface area contributed by atoms with Gasteiger partial charge in [0.1, 0.15) is 5.54 Å². The van der Waals surface area contributed by atoms with Gasteiger partial charge in [-0.25, -0.2) is 0 Å². The number of carbonyl (C=O) groups is 2. The van der Waals surface area contributed by atoms with Crippen LogP contribution in [-0.4, -0.2) is 42.3 Å². The summed E-state index contributed by atoms with van der Waals surface area (Å²) in [5.41, 5.74) is 0.661. The van der Waals surface area contributed by atoms with E-state index in [1.54, 1.807) is 42.5 Å². The van der Waals surface area contributed by atoms with Crippen molar-refractivity contribution in [1.82, 2.24) is 19.2 Å². The summed E-state index contributed by atoms with van der Waals surface area (Å²) in [7, 11) is 0. The Morgan fingerprint density at radius 3 is 2.65 bits per heavy atom. The summed E-state index contributed by atoms with van der Waals surface area (Å²) < 4.78 is 3.28. The molecule has 0 spiro atoms. The van der Waals surface area contributed by atoms with E-state index in [1.165, 1.54) is 21.2 Å². The molecule has 1 aliphatic rings. The number of aromatic nitrogens is 4. The van der Waals surface area contributed by atoms with Crippen LogP contribution >= 0.6 is 11.8 Å². The van der Waals surface area contributed by atoms with Crippen molar-refractivity contribution in [1.29, 1.82) is 0 Å². The molecule has 0 radical (unpaired) electrons. The normalized spacial score (nSPS) is 14.8. The number of nitrogens with one attached hydrogen (secondary N) is 1. The van der Waals surface area contributed by atoms with Gasteiger partial charge in [0.15, 0.2) is 5.16 Å². The van der Waals surface area contributed by atoms with Crippen molar-refractivity contribution in [3.05, 3.63) is 71.5 Å². The van der Waals surface area contributed by atoms with Crippen LogP contribution in [0.5, 0.6) is 0 Å². The number of fused-ring (bicyclic) bond motifs is 4. The number of rotatable bonds is 5. The molecule has 0 unspecified atom stereocenters. The van der Waals surface area contributed by atoms with E-state index in [0.29, 0.717) is 33.2 Å². The van der Waals surface area contributed by atoms with Gasteiger partial charge in [-0.15, -0.1) is 16.8 Å². The number of amides is 2. The number of nitrogens with zero attached hydrogens (tertiary/aromatic N) is 5. The van der Waals surface area contributed by atoms with Crippen molar-refractivity contribution in [2.45, 2.75) is 31.1 Å². The lowest BCUT2D eigenvalue weighted by Crippen LogP contribution is -2.58. The average molecular weight is 475 g/mol. The molecule has 2 amide bonds. The maximum atomic E-state index is 13.4. The Morgan fingerprint density at radius 1 is 1.12 bits per heavy atom. The molecule has 0 fully saturated rings. The third kappa shape index (κ3) is 3.29. The molecule has 10 heteroatoms. The Bertz CT molecular complexity index is 1540. The number of hydrogen-bond donors (Lipinski definition) is 1. The standard InChI is InChI=1S/C24H22N6O3S/c1-4-13-28-20(32)15-9-5-7-11-17(15)29-22(28)26-27-23(29)34-14-19(31)30-18-12-8-6-10-16(18)25-21(33)24(30,2)3/h4-12H,1,13-14H2,2-3H3,(H,25,33). The van der Waals surface area contributed by atoms with Gasteiger partial charge in [0, 0.05) is 6.54 Å². The lowest BCUT2D eigenvalue weighted by Gasteiger charge is -2.42. The summed E-state index contributed by atoms with van der Waals surface area (Å²) in [5, 5.41) is 12.4. The Balaban J connectivity index is 1.54. The lowest BCUT2D eigenvalue weighted by molar-refractivity contribution is -0.125. The number of para-hydroxylation sites is 3. The Morgan fingerprint density at radius 2 is 1.85 bits per heavy atom. The minimum Gasteiger partial charge on any atom is -0.322 e. The van der Waals surface area contributed by atoms with Crippen LogP contribution in [0.15, 0.2) is 71.1 Å². The summed E-state index contributed by atoms with van der Waals surface area (Å²) >= 11 is 1.21. The van der Waals surface area contributed by atoms with Gasteiger partial charge in [-0.05, 0) is 38.1 Å². The van der Waals surface area contributed by atoms with E-state index in [2.05, 4.69) is 22.1 Å². The highest BCUT2D eigenvalue weighted by atomic mass is 32.2. The van der Waals surface area contributed by atoms with Crippen molar-refractivity contribution in [3.63, 3.8) is 0 Å². The summed E-state index contributed by atoms with van der Waals surface area (Å²) in [6.07, 6.45) is 1.63. The number of hydrogen-bond acceptors (Lipinski definition) is 6. The second-order valence-electron chi connectivity index (χ2n) is 8.39. The van der Waals surface area contributed by atoms with Gasteiger partial charge < -0.3 is 5.32 Å². The third-order valence-electron chi connectivity index (χ3n) is 5.87. The van der Waals surface area contributed by atoms with Crippen LogP contribution in [0.25, 0.3) is 16.7 Å². The first-order valence-corrected chi connectivity index (χ1v) is 11.7. The van der Waals surface area contributed by atoms with Crippen molar-refractivity contribution < 1.29 is 9.59 Å². The second kappa shape index (κ2) is 8.14. The van der Waals surface area contributed by atoms with Crippen LogP contribution in [0.2, 0.25) is 0 Å². The van der Waals surface area contributed by atoms with Crippen molar-refractivity contribution in [2.24, 2.45) is 0 Å². The third-order valence-corrected chi connectivity index (χ3v) is 6.79. The quantitative estimate of drug-likeness (QED) is 0.352. The van der Waals surface area contributed by atoms with E-state index in [4.69, 9.17) is 0 Å². The molecule has 172 valence electrons. The minimum atomic E-state index is -1.06. The molecular formula is C24H22N6O3S. The number of thioether (sulfide) groups is 1. The first-order chi connectivity index (χ1) is 16.3. The maximum Gasteiger partial charge on any atom is 0.263 e. The van der Waals surface area contributed by atoms with Crippen molar-refractivity contribution >= 4 is 51.6 Å². The fraction of sp³-hybridized carbons (Fsp3) is 0.208. The number of benzene rings is 2. The maximum absolute atomic E-state index is 13.4. The summed E-state index contributed by atoms with van der Waals surface area (Å²) in [6.45, 7) is 7.45. The Labute approximate surface area is 199 Å². The largest absolute Gasteiger partial charge is 0.322 e. The fourth-order valence-corrected chi connectivity index (χ4v) is 5.00. The molecule has 9 nitrogen and oxygen atoms in total. The molecule has 1 N–H and O–H groups in total. The first kappa shape index (κ1) is 21.9. The van der Waals surface area contributed by atoms with Crippen LogP contribution in [0, 0.1) is 0 Å². The van der Waals surface area contributed by atoms with Crippen LogP contribution in [0.4, 0.5) is 11.4 Å². The number of allylic oxidation sites excluding steroid dienone is 1. The monoisotopic (exact) mass is 474 g/mol. The molecule has 1 aliphatic heterocycles. The summed E-state index contributed by atoms with van der Waals surface area (Å²) in [4.78, 5) is 40.6. The molecule has 3 heterocycles. The average Bonchev–Trinajstić information content (AvgIpc) is 3.25. The van der Waals surface area contributed by atoms with Crippen LogP contribution in [0.1, 0.15) is 13.8 Å². The molecule has 0 aliphatic carbocycles. The highest BCUT2D eigenvalue weighted by molar-refractivity contribution is 7.99. The van der Waals surface area contributed by atoms with Gasteiger partial charge in [-0.3, -0.25) is 28.3 Å². The zero-order valence-corrected chi connectivity index (χ0v) is 19.5. The van der Waals surface area contributed by atoms with E-state index in [9.17, 15) is 14.4 Å². The molecule has 0 saturated carbocycles. The van der Waals surface area contributed by atoms with E-state index in [0.717, 1.165) is 0 Å². The zero-order chi connectivity index (χ0) is 24.0. The second-order valence-corrected chi connectivity index (χ2v) is 9.33. The van der Waals surface area contributed by atoms with Gasteiger partial charge in [0.2, 0.25) is 17.6 Å². The molecular weight excluding hydrogens is 452 g/mol. The molecule has 0 saturated heterocycles. The molecule has 5 rings (SSSR count). The fourth-order valence-electron chi connectivity index (χ4n) is 4.21. The minimum absolute atomic E-state index is 0.0285. The highest BCUT2D eigenvalue weighted by Crippen LogP contribution is 2.37. The highest BCUT2D eigenvalue weighted by Gasteiger charge is 2.43. The lowest BCUT2D eigenvalue weighted by atomic mass is 9.96. The Hall–Kier alpha value is -3.92. The predicted molar refractivity (Wildman–Crippen MR) is 132 cm³/mol. The molecule has 34 heavy (non-hydrogen) atoms. The zero-order valence-electron chi connectivity index (χ0n) is 18.7. The van der Waals surface area contributed by atoms with Gasteiger partial charge in [-0.1, -0.05) is 42.1 Å². The van der Waals surface area contributed by atoms with Gasteiger partial charge in [-0.2, -0.15) is 0 Å². The SMILES string of the molecule is C=CCn1c(=O)c2ccccc2n2c(SCC(=O)N3c4ccccc4NC(=O)C3(C)C)nnc12. The number of anilines is 2. The summed E-state index contributed by atoms with van der Waals surface area (Å²) in [6, 6.07) is 14.4. The molecule has 2 aromatic heterocycles.